The van der Waals surface area contributed by atoms with E-state index in [-0.39, 0.29) is 24.2 Å². The fraction of sp³-hybridized carbons (Fsp3) is 0.682. The Morgan fingerprint density at radius 3 is 2.48 bits per heavy atom. The van der Waals surface area contributed by atoms with Crippen molar-refractivity contribution in [2.75, 3.05) is 6.54 Å². The maximum atomic E-state index is 13.1. The Morgan fingerprint density at radius 2 is 1.94 bits per heavy atom. The van der Waals surface area contributed by atoms with Crippen molar-refractivity contribution in [1.82, 2.24) is 25.5 Å². The van der Waals surface area contributed by atoms with Crippen molar-refractivity contribution in [2.45, 2.75) is 77.5 Å². The monoisotopic (exact) mass is 464 g/mol. The van der Waals surface area contributed by atoms with Gasteiger partial charge in [-0.2, -0.15) is 0 Å². The van der Waals surface area contributed by atoms with Crippen molar-refractivity contribution >= 4 is 23.7 Å². The number of carboxylic acid groups (broad SMARTS) is 1. The van der Waals surface area contributed by atoms with E-state index in [1.54, 1.807) is 13.8 Å². The summed E-state index contributed by atoms with van der Waals surface area (Å²) in [7, 11) is 0. The summed E-state index contributed by atoms with van der Waals surface area (Å²) in [5.41, 5.74) is 6.66. The zero-order chi connectivity index (χ0) is 24.7. The lowest BCUT2D eigenvalue weighted by molar-refractivity contribution is -0.144. The first-order valence-corrected chi connectivity index (χ1v) is 11.4. The molecule has 33 heavy (non-hydrogen) atoms. The van der Waals surface area contributed by atoms with Gasteiger partial charge in [-0.05, 0) is 31.1 Å². The number of hydrogen-bond donors (Lipinski definition) is 5. The molecule has 2 rings (SSSR count). The molecule has 0 bridgehead atoms. The van der Waals surface area contributed by atoms with Crippen LogP contribution < -0.4 is 16.4 Å². The molecule has 6 N–H and O–H groups in total. The number of imidazole rings is 1. The number of nitrogens with zero attached hydrogens (tertiary/aromatic N) is 2. The lowest BCUT2D eigenvalue weighted by Crippen LogP contribution is -2.57. The molecule has 0 saturated carbocycles. The molecular weight excluding hydrogens is 428 g/mol. The van der Waals surface area contributed by atoms with Gasteiger partial charge in [0.15, 0.2) is 0 Å². The Labute approximate surface area is 193 Å². The van der Waals surface area contributed by atoms with Gasteiger partial charge >= 0.3 is 5.97 Å². The molecule has 1 aromatic heterocycles. The molecule has 4 atom stereocenters. The third kappa shape index (κ3) is 7.28. The normalized spacial score (nSPS) is 18.8. The van der Waals surface area contributed by atoms with Crippen LogP contribution in [0.2, 0.25) is 0 Å². The molecule has 1 aliphatic heterocycles. The molecule has 3 amide bonds. The lowest BCUT2D eigenvalue weighted by atomic mass is 10.0. The summed E-state index contributed by atoms with van der Waals surface area (Å²) in [6, 6.07) is -3.56. The number of carboxylic acids is 1. The highest BCUT2D eigenvalue weighted by Gasteiger charge is 2.38. The molecule has 11 nitrogen and oxygen atoms in total. The van der Waals surface area contributed by atoms with E-state index in [1.165, 1.54) is 17.4 Å². The Bertz CT molecular complexity index is 825. The summed E-state index contributed by atoms with van der Waals surface area (Å²) in [6.07, 6.45) is 4.71. The van der Waals surface area contributed by atoms with E-state index < -0.39 is 42.0 Å². The molecule has 184 valence electrons. The van der Waals surface area contributed by atoms with E-state index in [0.717, 1.165) is 0 Å². The van der Waals surface area contributed by atoms with Crippen LogP contribution >= 0.6 is 0 Å². The molecule has 0 spiro atoms. The van der Waals surface area contributed by atoms with Crippen LogP contribution in [0.25, 0.3) is 0 Å². The molecular formula is C22H36N6O5. The third-order valence-electron chi connectivity index (χ3n) is 5.72. The largest absolute Gasteiger partial charge is 0.480 e. The van der Waals surface area contributed by atoms with E-state index in [0.29, 0.717) is 31.5 Å². The van der Waals surface area contributed by atoms with Gasteiger partial charge in [0.1, 0.15) is 18.1 Å². The number of amides is 3. The Balaban J connectivity index is 2.15. The average molecular weight is 465 g/mol. The van der Waals surface area contributed by atoms with E-state index in [2.05, 4.69) is 20.6 Å². The molecule has 11 heteroatoms. The number of H-pyrrole nitrogens is 1. The quantitative estimate of drug-likeness (QED) is 0.307. The van der Waals surface area contributed by atoms with Gasteiger partial charge < -0.3 is 31.4 Å². The van der Waals surface area contributed by atoms with Crippen molar-refractivity contribution < 1.29 is 24.3 Å². The molecule has 4 unspecified atom stereocenters. The van der Waals surface area contributed by atoms with Crippen LogP contribution in [0.15, 0.2) is 12.5 Å². The molecule has 0 aromatic carbocycles. The second kappa shape index (κ2) is 11.8. The number of aromatic nitrogens is 2. The smallest absolute Gasteiger partial charge is 0.326 e. The fourth-order valence-electron chi connectivity index (χ4n) is 3.99. The number of nitrogens with two attached hydrogens (primary N) is 1. The minimum absolute atomic E-state index is 0.0928. The summed E-state index contributed by atoms with van der Waals surface area (Å²) < 4.78 is 0. The van der Waals surface area contributed by atoms with Crippen molar-refractivity contribution in [3.8, 4) is 0 Å². The number of likely N-dealkylation sites (tertiary alicyclic amines) is 1. The molecule has 1 fully saturated rings. The van der Waals surface area contributed by atoms with Crippen molar-refractivity contribution in [2.24, 2.45) is 17.6 Å². The van der Waals surface area contributed by atoms with Gasteiger partial charge in [-0.15, -0.1) is 0 Å². The van der Waals surface area contributed by atoms with Gasteiger partial charge in [-0.1, -0.05) is 27.7 Å². The maximum absolute atomic E-state index is 13.1. The van der Waals surface area contributed by atoms with Crippen LogP contribution in [0, 0.1) is 11.8 Å². The minimum atomic E-state index is -1.16. The van der Waals surface area contributed by atoms with Gasteiger partial charge in [0.2, 0.25) is 17.7 Å². The minimum Gasteiger partial charge on any atom is -0.480 e. The second-order valence-corrected chi connectivity index (χ2v) is 9.34. The maximum Gasteiger partial charge on any atom is 0.326 e. The average Bonchev–Trinajstić information content (AvgIpc) is 3.41. The molecule has 2 heterocycles. The summed E-state index contributed by atoms with van der Waals surface area (Å²) in [6.45, 7) is 7.74. The standard InChI is InChI=1S/C22H36N6O5/c1-12(2)8-15(23)21(31)28-7-5-6-17(28)20(30)26-16(9-14-10-24-11-25-14)19(29)27-18(13(3)4)22(32)33/h10-13,15-18H,5-9,23H2,1-4H3,(H,24,25)(H,26,30)(H,27,29)(H,32,33). The van der Waals surface area contributed by atoms with Crippen LogP contribution in [-0.2, 0) is 25.6 Å². The Morgan fingerprint density at radius 1 is 1.24 bits per heavy atom. The van der Waals surface area contributed by atoms with Crippen molar-refractivity contribution in [3.05, 3.63) is 18.2 Å². The highest BCUT2D eigenvalue weighted by Crippen LogP contribution is 2.20. The molecule has 1 aromatic rings. The molecule has 0 radical (unpaired) electrons. The number of rotatable bonds is 11. The molecule has 0 aliphatic carbocycles. The molecule has 1 aliphatic rings. The van der Waals surface area contributed by atoms with Gasteiger partial charge in [-0.3, -0.25) is 14.4 Å². The number of aromatic amines is 1. The Kier molecular flexibility index (Phi) is 9.39. The lowest BCUT2D eigenvalue weighted by Gasteiger charge is -2.29. The second-order valence-electron chi connectivity index (χ2n) is 9.34. The zero-order valence-electron chi connectivity index (χ0n) is 19.7. The van der Waals surface area contributed by atoms with Gasteiger partial charge in [-0.25, -0.2) is 9.78 Å². The summed E-state index contributed by atoms with van der Waals surface area (Å²) in [5, 5.41) is 14.6. The van der Waals surface area contributed by atoms with Crippen LogP contribution in [0.3, 0.4) is 0 Å². The number of carbonyl (C=O) groups excluding carboxylic acids is 3. The van der Waals surface area contributed by atoms with Crippen LogP contribution in [0.4, 0.5) is 0 Å². The first-order chi connectivity index (χ1) is 15.5. The topological polar surface area (TPSA) is 171 Å². The SMILES string of the molecule is CC(C)CC(N)C(=O)N1CCCC1C(=O)NC(Cc1cnc[nH]1)C(=O)NC(C(=O)O)C(C)C. The van der Waals surface area contributed by atoms with Gasteiger partial charge in [0.25, 0.3) is 0 Å². The van der Waals surface area contributed by atoms with Gasteiger partial charge in [0, 0.05) is 24.9 Å². The fourth-order valence-corrected chi connectivity index (χ4v) is 3.99. The van der Waals surface area contributed by atoms with Crippen molar-refractivity contribution in [1.29, 1.82) is 0 Å². The third-order valence-corrected chi connectivity index (χ3v) is 5.72. The van der Waals surface area contributed by atoms with Crippen LogP contribution in [0.1, 0.15) is 52.7 Å². The van der Waals surface area contributed by atoms with Crippen molar-refractivity contribution in [3.63, 3.8) is 0 Å². The predicted octanol–water partition coefficient (Wildman–Crippen LogP) is 0.0268. The summed E-state index contributed by atoms with van der Waals surface area (Å²) in [4.78, 5) is 58.8. The highest BCUT2D eigenvalue weighted by atomic mass is 16.4. The first-order valence-electron chi connectivity index (χ1n) is 11.4. The van der Waals surface area contributed by atoms with Crippen LogP contribution in [-0.4, -0.2) is 74.4 Å². The Hall–Kier alpha value is -2.95. The molecule has 1 saturated heterocycles. The predicted molar refractivity (Wildman–Crippen MR) is 121 cm³/mol. The first kappa shape index (κ1) is 26.3. The van der Waals surface area contributed by atoms with E-state index in [1.807, 2.05) is 13.8 Å². The van der Waals surface area contributed by atoms with Crippen LogP contribution in [0.5, 0.6) is 0 Å². The van der Waals surface area contributed by atoms with E-state index in [4.69, 9.17) is 5.73 Å². The zero-order valence-corrected chi connectivity index (χ0v) is 19.7. The highest BCUT2D eigenvalue weighted by molar-refractivity contribution is 5.94. The summed E-state index contributed by atoms with van der Waals surface area (Å²) >= 11 is 0. The van der Waals surface area contributed by atoms with E-state index >= 15 is 0 Å². The van der Waals surface area contributed by atoms with Gasteiger partial charge in [0.05, 0.1) is 12.4 Å². The number of aliphatic carboxylic acids is 1. The number of carbonyl (C=O) groups is 4. The summed E-state index contributed by atoms with van der Waals surface area (Å²) in [5.74, 6) is -2.62. The number of hydrogen-bond acceptors (Lipinski definition) is 6. The van der Waals surface area contributed by atoms with E-state index in [9.17, 15) is 24.3 Å². The number of nitrogens with one attached hydrogen (secondary N) is 3.